The highest BCUT2D eigenvalue weighted by Gasteiger charge is 2.24. The maximum absolute atomic E-state index is 12.5. The number of halogens is 3. The third-order valence-electron chi connectivity index (χ3n) is 6.07. The molecule has 178 valence electrons. The van der Waals surface area contributed by atoms with Gasteiger partial charge in [0, 0.05) is 64.0 Å². The molecule has 9 heteroatoms. The molecule has 2 aliphatic heterocycles. The van der Waals surface area contributed by atoms with Gasteiger partial charge in [0.1, 0.15) is 12.4 Å². The first-order valence-corrected chi connectivity index (χ1v) is 12.9. The van der Waals surface area contributed by atoms with Gasteiger partial charge in [0.15, 0.2) is 0 Å². The van der Waals surface area contributed by atoms with Gasteiger partial charge in [0.2, 0.25) is 0 Å². The second-order valence-corrected chi connectivity index (χ2v) is 10.2. The van der Waals surface area contributed by atoms with Gasteiger partial charge in [-0.1, -0.05) is 29.3 Å². The molecule has 2 aromatic rings. The monoisotopic (exact) mass is 554 g/mol. The highest BCUT2D eigenvalue weighted by molar-refractivity contribution is 9.10. The molecule has 0 bridgehead atoms. The van der Waals surface area contributed by atoms with Gasteiger partial charge < -0.3 is 15.4 Å². The van der Waals surface area contributed by atoms with Crippen LogP contribution in [0.2, 0.25) is 10.0 Å². The predicted molar refractivity (Wildman–Crippen MR) is 137 cm³/mol. The van der Waals surface area contributed by atoms with Gasteiger partial charge in [0.05, 0.1) is 14.5 Å². The Labute approximate surface area is 213 Å². The van der Waals surface area contributed by atoms with E-state index >= 15 is 0 Å². The van der Waals surface area contributed by atoms with Crippen molar-refractivity contribution in [2.75, 3.05) is 52.4 Å². The number of nitrogens with one attached hydrogen (secondary N) is 2. The van der Waals surface area contributed by atoms with Crippen LogP contribution in [-0.4, -0.2) is 74.2 Å². The topological polar surface area (TPSA) is 56.8 Å². The number of hydrogen-bond acceptors (Lipinski definition) is 5. The smallest absolute Gasteiger partial charge is 0.251 e. The molecule has 0 spiro atoms. The molecule has 0 radical (unpaired) electrons. The fraction of sp³-hybridized carbons (Fsp3) is 0.458. The normalized spacial score (nSPS) is 19.5. The first-order valence-electron chi connectivity index (χ1n) is 11.3. The zero-order valence-corrected chi connectivity index (χ0v) is 21.6. The highest BCUT2D eigenvalue weighted by atomic mass is 79.9. The van der Waals surface area contributed by atoms with E-state index in [0.29, 0.717) is 22.2 Å². The van der Waals surface area contributed by atoms with Crippen LogP contribution in [0.3, 0.4) is 0 Å². The zero-order valence-electron chi connectivity index (χ0n) is 18.5. The van der Waals surface area contributed by atoms with Crippen LogP contribution in [-0.2, 0) is 6.54 Å². The molecule has 2 aromatic carbocycles. The number of ether oxygens (including phenoxy) is 1. The van der Waals surface area contributed by atoms with E-state index in [1.807, 2.05) is 6.07 Å². The molecular formula is C24H29BrCl2N4O2. The minimum atomic E-state index is -0.120. The minimum absolute atomic E-state index is 0.114. The number of rotatable bonds is 8. The van der Waals surface area contributed by atoms with Crippen LogP contribution in [0.4, 0.5) is 0 Å². The largest absolute Gasteiger partial charge is 0.491 e. The molecule has 2 fully saturated rings. The standard InChI is InChI=1S/C24H29BrCl2N4O2/c25-20-13-17(1-4-23(20)33-12-11-30-9-6-28-7-10-30)15-31-8-5-19(16-31)29-24(32)18-2-3-21(26)22(27)14-18/h1-4,13-14,19,28H,5-12,15-16H2,(H,29,32)/t19-/m0/s1. The lowest BCUT2D eigenvalue weighted by Crippen LogP contribution is -2.44. The van der Waals surface area contributed by atoms with Crippen LogP contribution in [0.5, 0.6) is 5.75 Å². The van der Waals surface area contributed by atoms with E-state index in [2.05, 4.69) is 48.5 Å². The van der Waals surface area contributed by atoms with E-state index in [1.54, 1.807) is 18.2 Å². The van der Waals surface area contributed by atoms with Gasteiger partial charge in [-0.2, -0.15) is 0 Å². The van der Waals surface area contributed by atoms with Gasteiger partial charge in [0.25, 0.3) is 5.91 Å². The Hall–Kier alpha value is -1.35. The zero-order chi connectivity index (χ0) is 23.2. The fourth-order valence-electron chi connectivity index (χ4n) is 4.24. The maximum atomic E-state index is 12.5. The van der Waals surface area contributed by atoms with Crippen molar-refractivity contribution in [1.82, 2.24) is 20.4 Å². The third kappa shape index (κ3) is 7.07. The average Bonchev–Trinajstić information content (AvgIpc) is 3.24. The Morgan fingerprint density at radius 2 is 1.91 bits per heavy atom. The van der Waals surface area contributed by atoms with E-state index in [4.69, 9.17) is 27.9 Å². The Balaban J connectivity index is 1.23. The SMILES string of the molecule is O=C(N[C@H]1CCN(Cc2ccc(OCCN3CCNCC3)c(Br)c2)C1)c1ccc(Cl)c(Cl)c1. The minimum Gasteiger partial charge on any atom is -0.491 e. The van der Waals surface area contributed by atoms with Crippen molar-refractivity contribution >= 4 is 45.0 Å². The summed E-state index contributed by atoms with van der Waals surface area (Å²) in [4.78, 5) is 17.3. The Morgan fingerprint density at radius 1 is 1.09 bits per heavy atom. The van der Waals surface area contributed by atoms with E-state index < -0.39 is 0 Å². The molecule has 0 aliphatic carbocycles. The molecule has 2 aliphatic rings. The van der Waals surface area contributed by atoms with E-state index in [9.17, 15) is 4.79 Å². The van der Waals surface area contributed by atoms with Gasteiger partial charge in [-0.25, -0.2) is 0 Å². The Bertz CT molecular complexity index is 971. The molecule has 0 aromatic heterocycles. The lowest BCUT2D eigenvalue weighted by Gasteiger charge is -2.27. The summed E-state index contributed by atoms with van der Waals surface area (Å²) in [6.07, 6.45) is 0.918. The molecule has 0 unspecified atom stereocenters. The van der Waals surface area contributed by atoms with Gasteiger partial charge >= 0.3 is 0 Å². The number of likely N-dealkylation sites (tertiary alicyclic amines) is 1. The quantitative estimate of drug-likeness (QED) is 0.515. The number of carbonyl (C=O) groups excluding carboxylic acids is 1. The van der Waals surface area contributed by atoms with Crippen molar-refractivity contribution in [3.8, 4) is 5.75 Å². The Morgan fingerprint density at radius 3 is 2.67 bits per heavy atom. The van der Waals surface area contributed by atoms with E-state index in [-0.39, 0.29) is 11.9 Å². The fourth-order valence-corrected chi connectivity index (χ4v) is 5.08. The van der Waals surface area contributed by atoms with Crippen molar-refractivity contribution < 1.29 is 9.53 Å². The summed E-state index contributed by atoms with van der Waals surface area (Å²) >= 11 is 15.6. The highest BCUT2D eigenvalue weighted by Crippen LogP contribution is 2.27. The summed E-state index contributed by atoms with van der Waals surface area (Å²) in [5, 5.41) is 7.31. The predicted octanol–water partition coefficient (Wildman–Crippen LogP) is 4.04. The third-order valence-corrected chi connectivity index (χ3v) is 7.43. The van der Waals surface area contributed by atoms with E-state index in [1.165, 1.54) is 5.56 Å². The number of hydrogen-bond donors (Lipinski definition) is 2. The summed E-state index contributed by atoms with van der Waals surface area (Å²) in [7, 11) is 0. The first kappa shape index (κ1) is 24.8. The second-order valence-electron chi connectivity index (χ2n) is 8.53. The molecule has 1 amide bonds. The molecule has 1 atom stereocenters. The molecule has 6 nitrogen and oxygen atoms in total. The summed E-state index contributed by atoms with van der Waals surface area (Å²) in [6.45, 7) is 8.47. The van der Waals surface area contributed by atoms with E-state index in [0.717, 1.165) is 69.0 Å². The number of amides is 1. The lowest BCUT2D eigenvalue weighted by molar-refractivity contribution is 0.0937. The number of benzene rings is 2. The van der Waals surface area contributed by atoms with Crippen molar-refractivity contribution in [3.63, 3.8) is 0 Å². The van der Waals surface area contributed by atoms with Crippen molar-refractivity contribution in [1.29, 1.82) is 0 Å². The van der Waals surface area contributed by atoms with Crippen LogP contribution in [0.25, 0.3) is 0 Å². The van der Waals surface area contributed by atoms with Crippen LogP contribution >= 0.6 is 39.1 Å². The average molecular weight is 556 g/mol. The molecule has 0 saturated carbocycles. The molecular weight excluding hydrogens is 527 g/mol. The summed E-state index contributed by atoms with van der Waals surface area (Å²) in [5.41, 5.74) is 1.74. The van der Waals surface area contributed by atoms with Crippen LogP contribution in [0.15, 0.2) is 40.9 Å². The van der Waals surface area contributed by atoms with Crippen LogP contribution in [0, 0.1) is 0 Å². The summed E-state index contributed by atoms with van der Waals surface area (Å²) in [5.74, 6) is 0.757. The van der Waals surface area contributed by atoms with Gasteiger partial charge in [-0.15, -0.1) is 0 Å². The van der Waals surface area contributed by atoms with Crippen molar-refractivity contribution in [2.45, 2.75) is 19.0 Å². The van der Waals surface area contributed by atoms with Crippen LogP contribution in [0.1, 0.15) is 22.3 Å². The number of nitrogens with zero attached hydrogens (tertiary/aromatic N) is 2. The molecule has 2 saturated heterocycles. The first-order chi connectivity index (χ1) is 16.0. The summed E-state index contributed by atoms with van der Waals surface area (Å²) in [6, 6.07) is 11.3. The number of piperazine rings is 1. The molecule has 2 N–H and O–H groups in total. The lowest BCUT2D eigenvalue weighted by atomic mass is 10.2. The van der Waals surface area contributed by atoms with Crippen molar-refractivity contribution in [2.24, 2.45) is 0 Å². The van der Waals surface area contributed by atoms with Crippen LogP contribution < -0.4 is 15.4 Å². The maximum Gasteiger partial charge on any atom is 0.251 e. The van der Waals surface area contributed by atoms with Gasteiger partial charge in [-0.05, 0) is 58.2 Å². The van der Waals surface area contributed by atoms with Gasteiger partial charge in [-0.3, -0.25) is 14.6 Å². The molecule has 2 heterocycles. The molecule has 4 rings (SSSR count). The Kier molecular flexibility index (Phi) is 8.91. The molecule has 33 heavy (non-hydrogen) atoms. The van der Waals surface area contributed by atoms with Crippen molar-refractivity contribution in [3.05, 3.63) is 62.0 Å². The second kappa shape index (κ2) is 11.9. The number of carbonyl (C=O) groups is 1. The summed E-state index contributed by atoms with van der Waals surface area (Å²) < 4.78 is 6.97.